The average Bonchev–Trinajstić information content (AvgIpc) is 2.67. The van der Waals surface area contributed by atoms with Crippen LogP contribution in [0, 0.1) is 18.8 Å². The number of imidazole rings is 1. The summed E-state index contributed by atoms with van der Waals surface area (Å²) in [6.07, 6.45) is 4.25. The van der Waals surface area contributed by atoms with Gasteiger partial charge in [-0.05, 0) is 49.3 Å². The third-order valence-electron chi connectivity index (χ3n) is 4.48. The molecule has 0 bridgehead atoms. The summed E-state index contributed by atoms with van der Waals surface area (Å²) >= 11 is 3.55. The molecule has 2 nitrogen and oxygen atoms in total. The molecule has 0 spiro atoms. The van der Waals surface area contributed by atoms with E-state index < -0.39 is 0 Å². The van der Waals surface area contributed by atoms with Crippen LogP contribution in [0.25, 0.3) is 11.0 Å². The number of fused-ring (bicyclic) bond motifs is 2. The normalized spacial score (nSPS) is 30.8. The van der Waals surface area contributed by atoms with Gasteiger partial charge in [0.05, 0.1) is 11.0 Å². The summed E-state index contributed by atoms with van der Waals surface area (Å²) < 4.78 is 1.13. The lowest BCUT2D eigenvalue weighted by Gasteiger charge is -1.97. The zero-order valence-corrected chi connectivity index (χ0v) is 11.4. The first-order valence-electron chi connectivity index (χ1n) is 6.40. The first-order chi connectivity index (χ1) is 8.24. The third kappa shape index (κ3) is 1.41. The molecule has 0 saturated heterocycles. The monoisotopic (exact) mass is 290 g/mol. The topological polar surface area (TPSA) is 28.7 Å². The lowest BCUT2D eigenvalue weighted by molar-refractivity contribution is 0.664. The molecule has 2 aromatic rings. The molecule has 2 atom stereocenters. The maximum absolute atomic E-state index is 4.82. The van der Waals surface area contributed by atoms with Gasteiger partial charge >= 0.3 is 0 Å². The van der Waals surface area contributed by atoms with E-state index in [-0.39, 0.29) is 0 Å². The zero-order valence-electron chi connectivity index (χ0n) is 9.83. The predicted octanol–water partition coefficient (Wildman–Crippen LogP) is 4.15. The first kappa shape index (κ1) is 10.1. The van der Waals surface area contributed by atoms with Gasteiger partial charge in [0.2, 0.25) is 0 Å². The molecule has 17 heavy (non-hydrogen) atoms. The highest BCUT2D eigenvalue weighted by Crippen LogP contribution is 2.62. The average molecular weight is 291 g/mol. The Labute approximate surface area is 109 Å². The number of hydrogen-bond acceptors (Lipinski definition) is 1. The lowest BCUT2D eigenvalue weighted by atomic mass is 10.1. The van der Waals surface area contributed by atoms with Crippen LogP contribution in [0.15, 0.2) is 16.6 Å². The van der Waals surface area contributed by atoms with Gasteiger partial charge in [0.15, 0.2) is 0 Å². The van der Waals surface area contributed by atoms with Crippen molar-refractivity contribution in [2.45, 2.75) is 32.1 Å². The van der Waals surface area contributed by atoms with Crippen molar-refractivity contribution in [1.29, 1.82) is 0 Å². The second-order valence-corrected chi connectivity index (χ2v) is 6.44. The summed E-state index contributed by atoms with van der Waals surface area (Å²) in [5, 5.41) is 0. The Bertz CT molecular complexity index is 592. The van der Waals surface area contributed by atoms with Crippen molar-refractivity contribution in [3.63, 3.8) is 0 Å². The number of benzene rings is 1. The van der Waals surface area contributed by atoms with Gasteiger partial charge in [0.25, 0.3) is 0 Å². The molecule has 1 N–H and O–H groups in total. The van der Waals surface area contributed by atoms with Crippen LogP contribution in [0.1, 0.15) is 36.6 Å². The van der Waals surface area contributed by atoms with Gasteiger partial charge in [-0.2, -0.15) is 0 Å². The molecule has 2 aliphatic carbocycles. The van der Waals surface area contributed by atoms with Gasteiger partial charge in [-0.25, -0.2) is 4.98 Å². The second-order valence-electron chi connectivity index (χ2n) is 5.53. The van der Waals surface area contributed by atoms with Crippen LogP contribution in [-0.2, 0) is 0 Å². The van der Waals surface area contributed by atoms with Crippen LogP contribution in [-0.4, -0.2) is 9.97 Å². The number of aryl methyl sites for hydroxylation is 1. The highest BCUT2D eigenvalue weighted by molar-refractivity contribution is 9.10. The third-order valence-corrected chi connectivity index (χ3v) is 4.94. The quantitative estimate of drug-likeness (QED) is 0.840. The molecule has 0 aliphatic heterocycles. The van der Waals surface area contributed by atoms with Gasteiger partial charge in [-0.1, -0.05) is 22.4 Å². The maximum Gasteiger partial charge on any atom is 0.110 e. The van der Waals surface area contributed by atoms with E-state index in [2.05, 4.69) is 40.0 Å². The van der Waals surface area contributed by atoms with Crippen molar-refractivity contribution in [3.05, 3.63) is 28.0 Å². The first-order valence-corrected chi connectivity index (χ1v) is 7.19. The van der Waals surface area contributed by atoms with Crippen LogP contribution in [0.4, 0.5) is 0 Å². The summed E-state index contributed by atoms with van der Waals surface area (Å²) in [7, 11) is 0. The van der Waals surface area contributed by atoms with Gasteiger partial charge in [-0.15, -0.1) is 0 Å². The van der Waals surface area contributed by atoms with Crippen LogP contribution < -0.4 is 0 Å². The van der Waals surface area contributed by atoms with Crippen molar-refractivity contribution in [2.24, 2.45) is 11.8 Å². The van der Waals surface area contributed by atoms with E-state index in [9.17, 15) is 0 Å². The van der Waals surface area contributed by atoms with Crippen molar-refractivity contribution in [2.75, 3.05) is 0 Å². The Balaban J connectivity index is 1.80. The minimum Gasteiger partial charge on any atom is -0.342 e. The highest BCUT2D eigenvalue weighted by atomic mass is 79.9. The minimum atomic E-state index is 0.731. The van der Waals surface area contributed by atoms with Crippen molar-refractivity contribution in [1.82, 2.24) is 9.97 Å². The van der Waals surface area contributed by atoms with Crippen molar-refractivity contribution >= 4 is 27.0 Å². The molecule has 3 heteroatoms. The summed E-state index contributed by atoms with van der Waals surface area (Å²) in [4.78, 5) is 8.35. The Kier molecular flexibility index (Phi) is 1.99. The number of hydrogen-bond donors (Lipinski definition) is 1. The Morgan fingerprint density at radius 2 is 2.06 bits per heavy atom. The molecule has 2 saturated carbocycles. The Morgan fingerprint density at radius 1 is 1.29 bits per heavy atom. The molecule has 2 unspecified atom stereocenters. The molecule has 1 heterocycles. The Hall–Kier alpha value is -0.830. The van der Waals surface area contributed by atoms with E-state index in [1.165, 1.54) is 36.2 Å². The lowest BCUT2D eigenvalue weighted by Crippen LogP contribution is -1.89. The smallest absolute Gasteiger partial charge is 0.110 e. The van der Waals surface area contributed by atoms with Gasteiger partial charge in [0, 0.05) is 10.4 Å². The van der Waals surface area contributed by atoms with E-state index in [4.69, 9.17) is 4.98 Å². The van der Waals surface area contributed by atoms with E-state index in [0.29, 0.717) is 0 Å². The van der Waals surface area contributed by atoms with E-state index >= 15 is 0 Å². The summed E-state index contributed by atoms with van der Waals surface area (Å²) in [6.45, 7) is 2.13. The molecular weight excluding hydrogens is 276 g/mol. The largest absolute Gasteiger partial charge is 0.342 e. The van der Waals surface area contributed by atoms with Gasteiger partial charge < -0.3 is 4.98 Å². The molecule has 2 fully saturated rings. The SMILES string of the molecule is Cc1cc(Br)cc2[nH]c(C3C4CCCC43)nc12. The van der Waals surface area contributed by atoms with E-state index in [1.54, 1.807) is 0 Å². The minimum absolute atomic E-state index is 0.731. The number of nitrogens with one attached hydrogen (secondary N) is 1. The second kappa shape index (κ2) is 3.35. The molecular formula is C14H15BrN2. The number of aromatic nitrogens is 2. The summed E-state index contributed by atoms with van der Waals surface area (Å²) in [5.74, 6) is 3.82. The number of nitrogens with zero attached hydrogens (tertiary/aromatic N) is 1. The predicted molar refractivity (Wildman–Crippen MR) is 72.1 cm³/mol. The number of aromatic amines is 1. The molecule has 1 aromatic heterocycles. The fraction of sp³-hybridized carbons (Fsp3) is 0.500. The maximum atomic E-state index is 4.82. The van der Waals surface area contributed by atoms with Gasteiger partial charge in [-0.3, -0.25) is 0 Å². The summed E-state index contributed by atoms with van der Waals surface area (Å²) in [5.41, 5.74) is 3.58. The molecule has 4 rings (SSSR count). The van der Waals surface area contributed by atoms with Crippen LogP contribution >= 0.6 is 15.9 Å². The summed E-state index contributed by atoms with van der Waals surface area (Å²) in [6, 6.07) is 4.28. The number of halogens is 1. The highest BCUT2D eigenvalue weighted by Gasteiger charge is 2.54. The number of H-pyrrole nitrogens is 1. The van der Waals surface area contributed by atoms with Crippen LogP contribution in [0.2, 0.25) is 0 Å². The number of rotatable bonds is 1. The Morgan fingerprint density at radius 3 is 2.82 bits per heavy atom. The van der Waals surface area contributed by atoms with E-state index in [0.717, 1.165) is 27.7 Å². The van der Waals surface area contributed by atoms with Crippen LogP contribution in [0.3, 0.4) is 0 Å². The van der Waals surface area contributed by atoms with Crippen molar-refractivity contribution < 1.29 is 0 Å². The molecule has 2 aliphatic rings. The van der Waals surface area contributed by atoms with Gasteiger partial charge in [0.1, 0.15) is 5.82 Å². The molecule has 88 valence electrons. The molecule has 0 amide bonds. The van der Waals surface area contributed by atoms with E-state index in [1.807, 2.05) is 0 Å². The zero-order chi connectivity index (χ0) is 11.6. The fourth-order valence-corrected chi connectivity index (χ4v) is 4.22. The van der Waals surface area contributed by atoms with Crippen LogP contribution in [0.5, 0.6) is 0 Å². The molecule has 1 aromatic carbocycles. The molecule has 0 radical (unpaired) electrons. The van der Waals surface area contributed by atoms with Crippen molar-refractivity contribution in [3.8, 4) is 0 Å². The standard InChI is InChI=1S/C14H15BrN2/c1-7-5-8(15)6-11-13(7)17-14(16-11)12-9-3-2-4-10(9)12/h5-6,9-10,12H,2-4H2,1H3,(H,16,17). The fourth-order valence-electron chi connectivity index (χ4n) is 3.65.